The predicted molar refractivity (Wildman–Crippen MR) is 85.2 cm³/mol. The maximum Gasteiger partial charge on any atom is 0.404 e. The van der Waals surface area contributed by atoms with Gasteiger partial charge in [-0.1, -0.05) is 27.4 Å². The third kappa shape index (κ3) is 4.24. The summed E-state index contributed by atoms with van der Waals surface area (Å²) in [5.74, 6) is -0.338. The molecule has 2 unspecified atom stereocenters. The maximum absolute atomic E-state index is 11.5. The zero-order valence-corrected chi connectivity index (χ0v) is 14.2. The van der Waals surface area contributed by atoms with Gasteiger partial charge in [-0.15, -0.1) is 0 Å². The zero-order valence-electron chi connectivity index (χ0n) is 14.2. The van der Waals surface area contributed by atoms with Crippen LogP contribution in [0.1, 0.15) is 59.8 Å². The van der Waals surface area contributed by atoms with Crippen LogP contribution in [0.4, 0.5) is 4.79 Å². The first-order valence-corrected chi connectivity index (χ1v) is 7.92. The zero-order chi connectivity index (χ0) is 17.0. The molecular weight excluding hydrogens is 282 g/mol. The first-order chi connectivity index (χ1) is 10.1. The second-order valence-corrected chi connectivity index (χ2v) is 6.99. The van der Waals surface area contributed by atoms with Crippen molar-refractivity contribution in [1.29, 1.82) is 0 Å². The number of esters is 1. The van der Waals surface area contributed by atoms with Crippen molar-refractivity contribution < 1.29 is 19.1 Å². The lowest BCUT2D eigenvalue weighted by Gasteiger charge is -2.52. The quantitative estimate of drug-likeness (QED) is 0.601. The maximum atomic E-state index is 11.5. The Labute approximate surface area is 133 Å². The van der Waals surface area contributed by atoms with Crippen molar-refractivity contribution in [3.05, 3.63) is 12.2 Å². The molecule has 0 aliphatic heterocycles. The normalized spacial score (nSPS) is 27.0. The van der Waals surface area contributed by atoms with Crippen LogP contribution in [0.3, 0.4) is 0 Å². The largest absolute Gasteiger partial charge is 0.462 e. The van der Waals surface area contributed by atoms with Gasteiger partial charge in [0.2, 0.25) is 0 Å². The van der Waals surface area contributed by atoms with Crippen molar-refractivity contribution in [3.63, 3.8) is 0 Å². The summed E-state index contributed by atoms with van der Waals surface area (Å²) in [7, 11) is 0. The van der Waals surface area contributed by atoms with Crippen molar-refractivity contribution in [2.45, 2.75) is 65.9 Å². The van der Waals surface area contributed by atoms with Crippen LogP contribution in [0.15, 0.2) is 12.2 Å². The van der Waals surface area contributed by atoms with Crippen LogP contribution in [-0.2, 0) is 14.3 Å². The van der Waals surface area contributed by atoms with Crippen LogP contribution < -0.4 is 5.73 Å². The number of amides is 1. The molecule has 0 aromatic carbocycles. The lowest BCUT2D eigenvalue weighted by atomic mass is 9.54. The summed E-state index contributed by atoms with van der Waals surface area (Å²) < 4.78 is 10.5. The molecule has 1 aliphatic carbocycles. The van der Waals surface area contributed by atoms with Crippen LogP contribution in [0.2, 0.25) is 0 Å². The highest BCUT2D eigenvalue weighted by molar-refractivity contribution is 5.86. The third-order valence-corrected chi connectivity index (χ3v) is 5.24. The number of carbonyl (C=O) groups excluding carboxylic acids is 2. The number of rotatable bonds is 6. The van der Waals surface area contributed by atoms with Gasteiger partial charge in [0.25, 0.3) is 0 Å². The summed E-state index contributed by atoms with van der Waals surface area (Å²) in [4.78, 5) is 22.5. The van der Waals surface area contributed by atoms with Crippen LogP contribution in [0, 0.1) is 10.8 Å². The van der Waals surface area contributed by atoms with E-state index in [4.69, 9.17) is 15.2 Å². The highest BCUT2D eigenvalue weighted by Gasteiger charge is 2.48. The highest BCUT2D eigenvalue weighted by Crippen LogP contribution is 2.55. The Kier molecular flexibility index (Phi) is 6.03. The molecule has 2 atom stereocenters. The van der Waals surface area contributed by atoms with E-state index in [1.807, 2.05) is 0 Å². The van der Waals surface area contributed by atoms with Crippen LogP contribution >= 0.6 is 0 Å². The van der Waals surface area contributed by atoms with Crippen LogP contribution in [-0.4, -0.2) is 24.8 Å². The molecule has 0 aromatic rings. The third-order valence-electron chi connectivity index (χ3n) is 5.24. The van der Waals surface area contributed by atoms with Gasteiger partial charge in [-0.2, -0.15) is 0 Å². The van der Waals surface area contributed by atoms with Gasteiger partial charge < -0.3 is 15.2 Å². The lowest BCUT2D eigenvalue weighted by Crippen LogP contribution is -2.46. The molecule has 5 nitrogen and oxygen atoms in total. The predicted octanol–water partition coefficient (Wildman–Crippen LogP) is 3.57. The van der Waals surface area contributed by atoms with Gasteiger partial charge in [-0.3, -0.25) is 0 Å². The molecule has 0 spiro atoms. The fraction of sp³-hybridized carbons (Fsp3) is 0.765. The van der Waals surface area contributed by atoms with Crippen molar-refractivity contribution in [2.75, 3.05) is 6.61 Å². The second-order valence-electron chi connectivity index (χ2n) is 6.99. The molecule has 22 heavy (non-hydrogen) atoms. The molecule has 0 radical (unpaired) electrons. The molecular formula is C17H29NO4. The Morgan fingerprint density at radius 2 is 2.00 bits per heavy atom. The Morgan fingerprint density at radius 3 is 2.45 bits per heavy atom. The van der Waals surface area contributed by atoms with Gasteiger partial charge in [-0.05, 0) is 49.9 Å². The number of hydrogen-bond donors (Lipinski definition) is 1. The molecule has 0 aromatic heterocycles. The first kappa shape index (κ1) is 18.5. The number of carbonyl (C=O) groups is 2. The molecule has 1 rings (SSSR count). The van der Waals surface area contributed by atoms with E-state index in [0.717, 1.165) is 32.1 Å². The molecule has 1 fully saturated rings. The summed E-state index contributed by atoms with van der Waals surface area (Å²) in [6, 6.07) is 0. The number of primary amides is 1. The van der Waals surface area contributed by atoms with Crippen molar-refractivity contribution in [3.8, 4) is 0 Å². The molecule has 126 valence electrons. The second kappa shape index (κ2) is 7.16. The van der Waals surface area contributed by atoms with E-state index >= 15 is 0 Å². The molecule has 1 saturated carbocycles. The van der Waals surface area contributed by atoms with Crippen LogP contribution in [0.25, 0.3) is 0 Å². The molecule has 1 aliphatic rings. The summed E-state index contributed by atoms with van der Waals surface area (Å²) >= 11 is 0. The fourth-order valence-corrected chi connectivity index (χ4v) is 3.69. The van der Waals surface area contributed by atoms with E-state index in [9.17, 15) is 9.59 Å². The topological polar surface area (TPSA) is 78.6 Å². The van der Waals surface area contributed by atoms with E-state index in [2.05, 4.69) is 27.4 Å². The SMILES string of the molecule is C=C(C)C(=O)OCCC1(CC)CCC(OC(N)=O)CC1(C)C. The Morgan fingerprint density at radius 1 is 1.36 bits per heavy atom. The van der Waals surface area contributed by atoms with Gasteiger partial charge >= 0.3 is 12.1 Å². The molecule has 5 heteroatoms. The molecule has 0 bridgehead atoms. The fourth-order valence-electron chi connectivity index (χ4n) is 3.69. The smallest absolute Gasteiger partial charge is 0.404 e. The average Bonchev–Trinajstić information content (AvgIpc) is 2.39. The molecule has 1 amide bonds. The Hall–Kier alpha value is -1.52. The number of nitrogens with two attached hydrogens (primary N) is 1. The standard InChI is InChI=1S/C17H29NO4/c1-6-17(9-10-21-14(19)12(2)3)8-7-13(22-15(18)20)11-16(17,4)5/h13H,2,6-11H2,1,3-5H3,(H2,18,20). The van der Waals surface area contributed by atoms with Gasteiger partial charge in [0.05, 0.1) is 6.61 Å². The van der Waals surface area contributed by atoms with E-state index in [0.29, 0.717) is 12.2 Å². The van der Waals surface area contributed by atoms with Crippen molar-refractivity contribution in [1.82, 2.24) is 0 Å². The van der Waals surface area contributed by atoms with E-state index in [-0.39, 0.29) is 22.9 Å². The number of ether oxygens (including phenoxy) is 2. The minimum absolute atomic E-state index is 0.0181. The van der Waals surface area contributed by atoms with Crippen molar-refractivity contribution in [2.24, 2.45) is 16.6 Å². The molecule has 2 N–H and O–H groups in total. The van der Waals surface area contributed by atoms with Crippen LogP contribution in [0.5, 0.6) is 0 Å². The molecule has 0 saturated heterocycles. The minimum Gasteiger partial charge on any atom is -0.462 e. The van der Waals surface area contributed by atoms with E-state index in [1.54, 1.807) is 6.92 Å². The summed E-state index contributed by atoms with van der Waals surface area (Å²) in [6.45, 7) is 12.2. The summed E-state index contributed by atoms with van der Waals surface area (Å²) in [5, 5.41) is 0. The van der Waals surface area contributed by atoms with Gasteiger partial charge in [-0.25, -0.2) is 9.59 Å². The molecule has 0 heterocycles. The monoisotopic (exact) mass is 311 g/mol. The van der Waals surface area contributed by atoms with Gasteiger partial charge in [0.1, 0.15) is 6.10 Å². The van der Waals surface area contributed by atoms with Gasteiger partial charge in [0, 0.05) is 5.57 Å². The lowest BCUT2D eigenvalue weighted by molar-refractivity contribution is -0.141. The Bertz CT molecular complexity index is 444. The Balaban J connectivity index is 2.70. The summed E-state index contributed by atoms with van der Waals surface area (Å²) in [6.07, 6.45) is 3.48. The van der Waals surface area contributed by atoms with Gasteiger partial charge in [0.15, 0.2) is 0 Å². The highest BCUT2D eigenvalue weighted by atomic mass is 16.6. The van der Waals surface area contributed by atoms with E-state index in [1.165, 1.54) is 0 Å². The first-order valence-electron chi connectivity index (χ1n) is 7.92. The minimum atomic E-state index is -0.708. The average molecular weight is 311 g/mol. The van der Waals surface area contributed by atoms with Crippen molar-refractivity contribution >= 4 is 12.1 Å². The van der Waals surface area contributed by atoms with E-state index < -0.39 is 6.09 Å². The number of hydrogen-bond acceptors (Lipinski definition) is 4. The summed E-state index contributed by atoms with van der Waals surface area (Å²) in [5.41, 5.74) is 5.60.